The van der Waals surface area contributed by atoms with Crippen LogP contribution in [0.2, 0.25) is 5.02 Å². The lowest BCUT2D eigenvalue weighted by molar-refractivity contribution is 0.102. The molecular formula is C25H19ClN5O5S-. The van der Waals surface area contributed by atoms with E-state index in [9.17, 15) is 18.6 Å². The van der Waals surface area contributed by atoms with Crippen LogP contribution in [0, 0.1) is 0 Å². The maximum absolute atomic E-state index is 13.2. The number of hydrogen-bond donors (Lipinski definition) is 2. The fraction of sp³-hybridized carbons (Fsp3) is 0.0400. The number of halogens is 1. The molecule has 2 N–H and O–H groups in total. The highest BCUT2D eigenvalue weighted by molar-refractivity contribution is 7.69. The van der Waals surface area contributed by atoms with Gasteiger partial charge in [-0.3, -0.25) is 19.0 Å². The number of nitrogens with one attached hydrogen (secondary N) is 2. The second-order valence-electron chi connectivity index (χ2n) is 7.43. The lowest BCUT2D eigenvalue weighted by Crippen LogP contribution is -2.19. The molecular weight excluding hydrogens is 518 g/mol. The van der Waals surface area contributed by atoms with Gasteiger partial charge in [0, 0.05) is 42.6 Å². The van der Waals surface area contributed by atoms with E-state index in [1.807, 2.05) is 0 Å². The highest BCUT2D eigenvalue weighted by atomic mass is 35.5. The molecule has 0 unspecified atom stereocenters. The van der Waals surface area contributed by atoms with Crippen LogP contribution in [0.3, 0.4) is 0 Å². The van der Waals surface area contributed by atoms with E-state index in [2.05, 4.69) is 24.2 Å². The van der Waals surface area contributed by atoms with Gasteiger partial charge in [-0.05, 0) is 60.7 Å². The average molecular weight is 537 g/mol. The molecule has 2 heterocycles. The molecule has 2 aromatic carbocycles. The summed E-state index contributed by atoms with van der Waals surface area (Å²) in [4.78, 5) is 41.9. The number of aromatic nitrogens is 2. The van der Waals surface area contributed by atoms with Gasteiger partial charge in [-0.1, -0.05) is 28.5 Å². The molecule has 0 fully saturated rings. The SMILES string of the molecule is CO[S-](=O)=Nc1ccc(NC(=O)c2ccc(Cl)cn2)c(C(=O)Nc2ccc(-n3ccccc3=O)cc2)c1. The van der Waals surface area contributed by atoms with Gasteiger partial charge in [-0.25, -0.2) is 4.98 Å². The van der Waals surface area contributed by atoms with E-state index in [0.717, 1.165) is 0 Å². The summed E-state index contributed by atoms with van der Waals surface area (Å²) < 4.78 is 21.7. The third kappa shape index (κ3) is 6.47. The minimum Gasteiger partial charge on any atom is -0.441 e. The molecule has 37 heavy (non-hydrogen) atoms. The fourth-order valence-electron chi connectivity index (χ4n) is 3.25. The van der Waals surface area contributed by atoms with E-state index in [1.54, 1.807) is 42.6 Å². The number of anilines is 2. The van der Waals surface area contributed by atoms with Crippen molar-refractivity contribution in [3.63, 3.8) is 0 Å². The van der Waals surface area contributed by atoms with Crippen LogP contribution in [0.15, 0.2) is 94.3 Å². The fourth-order valence-corrected chi connectivity index (χ4v) is 3.72. The van der Waals surface area contributed by atoms with E-state index in [4.69, 9.17) is 11.6 Å². The molecule has 10 nitrogen and oxygen atoms in total. The predicted molar refractivity (Wildman–Crippen MR) is 141 cm³/mol. The normalized spacial score (nSPS) is 11.6. The van der Waals surface area contributed by atoms with Crippen LogP contribution >= 0.6 is 11.6 Å². The van der Waals surface area contributed by atoms with Gasteiger partial charge >= 0.3 is 0 Å². The number of benzene rings is 2. The second kappa shape index (κ2) is 11.6. The summed E-state index contributed by atoms with van der Waals surface area (Å²) in [7, 11) is -0.724. The highest BCUT2D eigenvalue weighted by Crippen LogP contribution is 2.25. The quantitative estimate of drug-likeness (QED) is 0.328. The molecule has 0 bridgehead atoms. The Morgan fingerprint density at radius 2 is 1.78 bits per heavy atom. The van der Waals surface area contributed by atoms with E-state index in [1.165, 1.54) is 54.3 Å². The van der Waals surface area contributed by atoms with Crippen molar-refractivity contribution in [3.8, 4) is 5.69 Å². The molecule has 0 saturated carbocycles. The Morgan fingerprint density at radius 3 is 2.46 bits per heavy atom. The second-order valence-corrected chi connectivity index (χ2v) is 8.82. The summed E-state index contributed by atoms with van der Waals surface area (Å²) in [5.74, 6) is -1.13. The smallest absolute Gasteiger partial charge is 0.274 e. The molecule has 2 aromatic heterocycles. The first-order chi connectivity index (χ1) is 17.8. The van der Waals surface area contributed by atoms with Crippen molar-refractivity contribution in [2.75, 3.05) is 17.7 Å². The Bertz CT molecular complexity index is 1600. The topological polar surface area (TPSA) is 132 Å². The van der Waals surface area contributed by atoms with Gasteiger partial charge < -0.3 is 23.4 Å². The molecule has 12 heteroatoms. The first kappa shape index (κ1) is 25.8. The minimum atomic E-state index is -1.95. The number of amides is 2. The molecule has 0 aliphatic carbocycles. The molecule has 0 radical (unpaired) electrons. The molecule has 0 aliphatic rings. The third-order valence-corrected chi connectivity index (χ3v) is 5.87. The summed E-state index contributed by atoms with van der Waals surface area (Å²) in [6.07, 6.45) is 2.97. The van der Waals surface area contributed by atoms with Crippen molar-refractivity contribution in [1.82, 2.24) is 9.55 Å². The zero-order chi connectivity index (χ0) is 26.4. The monoisotopic (exact) mass is 536 g/mol. The molecule has 0 saturated heterocycles. The zero-order valence-electron chi connectivity index (χ0n) is 19.3. The third-order valence-electron chi connectivity index (χ3n) is 5.00. The average Bonchev–Trinajstić information content (AvgIpc) is 2.90. The Balaban J connectivity index is 1.62. The predicted octanol–water partition coefficient (Wildman–Crippen LogP) is 4.73. The Morgan fingerprint density at radius 1 is 1.00 bits per heavy atom. The molecule has 2 amide bonds. The van der Waals surface area contributed by atoms with Crippen LogP contribution in [0.1, 0.15) is 20.8 Å². The first-order valence-electron chi connectivity index (χ1n) is 10.7. The molecule has 0 aliphatic heterocycles. The number of carbonyl (C=O) groups excluding carboxylic acids is 2. The van der Waals surface area contributed by atoms with Crippen LogP contribution in [-0.4, -0.2) is 28.5 Å². The van der Waals surface area contributed by atoms with Crippen molar-refractivity contribution >= 4 is 51.4 Å². The summed E-state index contributed by atoms with van der Waals surface area (Å²) in [6, 6.07) is 18.7. The van der Waals surface area contributed by atoms with Crippen molar-refractivity contribution < 1.29 is 18.0 Å². The van der Waals surface area contributed by atoms with Crippen LogP contribution in [0.4, 0.5) is 17.1 Å². The molecule has 4 rings (SSSR count). The number of nitrogens with zero attached hydrogens (tertiary/aromatic N) is 3. The van der Waals surface area contributed by atoms with E-state index in [0.29, 0.717) is 16.4 Å². The number of carbonyl (C=O) groups is 2. The maximum Gasteiger partial charge on any atom is 0.274 e. The molecule has 0 spiro atoms. The summed E-state index contributed by atoms with van der Waals surface area (Å²) in [5, 5.41) is 5.77. The van der Waals surface area contributed by atoms with Crippen LogP contribution < -0.4 is 16.2 Å². The van der Waals surface area contributed by atoms with Crippen molar-refractivity contribution in [1.29, 1.82) is 0 Å². The summed E-state index contributed by atoms with van der Waals surface area (Å²) in [5.41, 5.74) is 1.40. The first-order valence-corrected chi connectivity index (χ1v) is 12.1. The molecule has 0 atom stereocenters. The summed E-state index contributed by atoms with van der Waals surface area (Å²) >= 11 is 5.83. The van der Waals surface area contributed by atoms with E-state index >= 15 is 0 Å². The molecule has 188 valence electrons. The van der Waals surface area contributed by atoms with Gasteiger partial charge in [0.1, 0.15) is 5.69 Å². The lowest BCUT2D eigenvalue weighted by Gasteiger charge is -2.14. The number of pyridine rings is 2. The highest BCUT2D eigenvalue weighted by Gasteiger charge is 2.16. The van der Waals surface area contributed by atoms with Crippen molar-refractivity contribution in [2.45, 2.75) is 0 Å². The van der Waals surface area contributed by atoms with Crippen LogP contribution in [0.5, 0.6) is 0 Å². The van der Waals surface area contributed by atoms with E-state index < -0.39 is 22.7 Å². The van der Waals surface area contributed by atoms with Gasteiger partial charge in [0.25, 0.3) is 17.4 Å². The van der Waals surface area contributed by atoms with Gasteiger partial charge in [0.15, 0.2) is 0 Å². The van der Waals surface area contributed by atoms with Gasteiger partial charge in [0.05, 0.1) is 16.3 Å². The Hall–Kier alpha value is -4.32. The van der Waals surface area contributed by atoms with Crippen molar-refractivity contribution in [3.05, 3.63) is 112 Å². The maximum atomic E-state index is 13.2. The number of hydrogen-bond acceptors (Lipinski definition) is 8. The largest absolute Gasteiger partial charge is 0.441 e. The zero-order valence-corrected chi connectivity index (χ0v) is 20.8. The van der Waals surface area contributed by atoms with E-state index in [-0.39, 0.29) is 28.2 Å². The standard InChI is InChI=1S/C25H19ClN5O5S/c1-36-37(35)30-18-8-12-21(29-25(34)22-11-5-16(26)15-27-22)20(14-18)24(33)28-17-6-9-19(10-7-17)31-13-3-2-4-23(31)32/h2-15H,1H3,(H,28,33)(H,29,34)/q-1. The van der Waals surface area contributed by atoms with Crippen molar-refractivity contribution in [2.24, 2.45) is 4.36 Å². The van der Waals surface area contributed by atoms with Gasteiger partial charge in [-0.15, -0.1) is 0 Å². The van der Waals surface area contributed by atoms with Crippen LogP contribution in [-0.2, 0) is 19.3 Å². The minimum absolute atomic E-state index is 0.0556. The lowest BCUT2D eigenvalue weighted by atomic mass is 10.1. The van der Waals surface area contributed by atoms with Crippen LogP contribution in [0.25, 0.3) is 5.69 Å². The Kier molecular flexibility index (Phi) is 8.08. The van der Waals surface area contributed by atoms with Gasteiger partial charge in [-0.2, -0.15) is 0 Å². The van der Waals surface area contributed by atoms with Gasteiger partial charge in [0.2, 0.25) is 0 Å². The Labute approximate surface area is 218 Å². The molecule has 4 aromatic rings. The summed E-state index contributed by atoms with van der Waals surface area (Å²) in [6.45, 7) is 0. The number of rotatable bonds is 7.